The first-order valence-corrected chi connectivity index (χ1v) is 4.69. The zero-order valence-corrected chi connectivity index (χ0v) is 7.58. The number of hydrogen-bond acceptors (Lipinski definition) is 1. The Hall–Kier alpha value is -0.740. The molecule has 0 radical (unpaired) electrons. The van der Waals surface area contributed by atoms with Crippen molar-refractivity contribution in [3.8, 4) is 12.3 Å². The summed E-state index contributed by atoms with van der Waals surface area (Å²) in [4.78, 5) is 2.77. The van der Waals surface area contributed by atoms with Crippen LogP contribution in [0.2, 0.25) is 0 Å². The minimum Gasteiger partial charge on any atom is -0.144 e. The summed E-state index contributed by atoms with van der Waals surface area (Å²) in [6.07, 6.45) is 8.39. The number of hydrogen-bond donors (Lipinski definition) is 0. The molecule has 1 aromatic heterocycles. The number of aryl methyl sites for hydroxylation is 1. The lowest BCUT2D eigenvalue weighted by Gasteiger charge is -1.88. The molecular weight excluding hydrogens is 152 g/mol. The largest absolute Gasteiger partial charge is 0.144 e. The van der Waals surface area contributed by atoms with Crippen LogP contribution in [0.5, 0.6) is 0 Å². The fourth-order valence-corrected chi connectivity index (χ4v) is 2.07. The van der Waals surface area contributed by atoms with Gasteiger partial charge >= 0.3 is 0 Å². The highest BCUT2D eigenvalue weighted by Gasteiger charge is 1.96. The molecule has 0 spiro atoms. The van der Waals surface area contributed by atoms with E-state index in [-0.39, 0.29) is 0 Å². The minimum absolute atomic E-state index is 0.786. The quantitative estimate of drug-likeness (QED) is 0.603. The Morgan fingerprint density at radius 3 is 2.82 bits per heavy atom. The SMILES string of the molecule is C#CCc1ccc(CCC)s1. The highest BCUT2D eigenvalue weighted by Crippen LogP contribution is 2.17. The lowest BCUT2D eigenvalue weighted by Crippen LogP contribution is -1.72. The van der Waals surface area contributed by atoms with E-state index in [9.17, 15) is 0 Å². The van der Waals surface area contributed by atoms with E-state index in [1.165, 1.54) is 22.6 Å². The number of terminal acetylenes is 1. The first-order valence-electron chi connectivity index (χ1n) is 3.88. The van der Waals surface area contributed by atoms with Crippen molar-refractivity contribution in [2.75, 3.05) is 0 Å². The summed E-state index contributed by atoms with van der Waals surface area (Å²) in [5.74, 6) is 2.65. The van der Waals surface area contributed by atoms with E-state index in [0.717, 1.165) is 6.42 Å². The molecule has 1 heterocycles. The van der Waals surface area contributed by atoms with Crippen LogP contribution in [0, 0.1) is 12.3 Å². The normalized spacial score (nSPS) is 9.45. The van der Waals surface area contributed by atoms with E-state index in [1.54, 1.807) is 0 Å². The third-order valence-corrected chi connectivity index (χ3v) is 2.64. The van der Waals surface area contributed by atoms with Crippen molar-refractivity contribution in [1.82, 2.24) is 0 Å². The Balaban J connectivity index is 2.60. The van der Waals surface area contributed by atoms with E-state index >= 15 is 0 Å². The first-order chi connectivity index (χ1) is 5.36. The van der Waals surface area contributed by atoms with Gasteiger partial charge in [0.1, 0.15) is 0 Å². The van der Waals surface area contributed by atoms with Crippen LogP contribution in [0.25, 0.3) is 0 Å². The van der Waals surface area contributed by atoms with Gasteiger partial charge in [-0.05, 0) is 18.6 Å². The van der Waals surface area contributed by atoms with Gasteiger partial charge in [-0.15, -0.1) is 23.7 Å². The molecule has 0 atom stereocenters. The average Bonchev–Trinajstić information content (AvgIpc) is 2.38. The van der Waals surface area contributed by atoms with E-state index in [2.05, 4.69) is 25.0 Å². The maximum absolute atomic E-state index is 5.20. The van der Waals surface area contributed by atoms with Crippen molar-refractivity contribution in [3.05, 3.63) is 21.9 Å². The second kappa shape index (κ2) is 4.20. The molecule has 1 rings (SSSR count). The highest BCUT2D eigenvalue weighted by atomic mass is 32.1. The van der Waals surface area contributed by atoms with Crippen LogP contribution in [-0.2, 0) is 12.8 Å². The summed E-state index contributed by atoms with van der Waals surface area (Å²) in [5, 5.41) is 0. The Bertz CT molecular complexity index is 252. The maximum atomic E-state index is 5.20. The molecule has 0 unspecified atom stereocenters. The van der Waals surface area contributed by atoms with E-state index in [1.807, 2.05) is 11.3 Å². The molecule has 11 heavy (non-hydrogen) atoms. The molecular formula is C10H12S. The van der Waals surface area contributed by atoms with Gasteiger partial charge in [0, 0.05) is 16.2 Å². The molecule has 1 aromatic rings. The van der Waals surface area contributed by atoms with Crippen LogP contribution >= 0.6 is 11.3 Å². The third-order valence-electron chi connectivity index (χ3n) is 1.49. The summed E-state index contributed by atoms with van der Waals surface area (Å²) in [5.41, 5.74) is 0. The molecule has 0 nitrogen and oxygen atoms in total. The predicted octanol–water partition coefficient (Wildman–Crippen LogP) is 2.88. The molecule has 0 aliphatic heterocycles. The van der Waals surface area contributed by atoms with Gasteiger partial charge in [0.2, 0.25) is 0 Å². The average molecular weight is 164 g/mol. The molecule has 58 valence electrons. The summed E-state index contributed by atoms with van der Waals surface area (Å²) in [7, 11) is 0. The fraction of sp³-hybridized carbons (Fsp3) is 0.400. The molecule has 0 amide bonds. The van der Waals surface area contributed by atoms with Crippen LogP contribution in [0.3, 0.4) is 0 Å². The molecule has 0 fully saturated rings. The van der Waals surface area contributed by atoms with Crippen molar-refractivity contribution in [2.45, 2.75) is 26.2 Å². The van der Waals surface area contributed by atoms with Crippen LogP contribution < -0.4 is 0 Å². The Labute approximate surface area is 72.3 Å². The van der Waals surface area contributed by atoms with Gasteiger partial charge in [-0.2, -0.15) is 0 Å². The van der Waals surface area contributed by atoms with E-state index in [4.69, 9.17) is 6.42 Å². The number of rotatable bonds is 3. The minimum atomic E-state index is 0.786. The van der Waals surface area contributed by atoms with Gasteiger partial charge in [0.15, 0.2) is 0 Å². The third kappa shape index (κ3) is 2.40. The summed E-state index contributed by atoms with van der Waals surface area (Å²) < 4.78 is 0. The predicted molar refractivity (Wildman–Crippen MR) is 50.9 cm³/mol. The van der Waals surface area contributed by atoms with Crippen LogP contribution in [0.4, 0.5) is 0 Å². The van der Waals surface area contributed by atoms with Crippen molar-refractivity contribution in [2.24, 2.45) is 0 Å². The Morgan fingerprint density at radius 1 is 1.45 bits per heavy atom. The molecule has 0 aliphatic rings. The van der Waals surface area contributed by atoms with Gasteiger partial charge in [-0.1, -0.05) is 13.3 Å². The Kier molecular flexibility index (Phi) is 3.19. The van der Waals surface area contributed by atoms with Crippen molar-refractivity contribution in [3.63, 3.8) is 0 Å². The maximum Gasteiger partial charge on any atom is 0.0432 e. The van der Waals surface area contributed by atoms with Gasteiger partial charge in [-0.3, -0.25) is 0 Å². The van der Waals surface area contributed by atoms with Crippen molar-refractivity contribution in [1.29, 1.82) is 0 Å². The zero-order chi connectivity index (χ0) is 8.10. The first kappa shape index (κ1) is 8.36. The highest BCUT2D eigenvalue weighted by molar-refractivity contribution is 7.12. The molecule has 1 heteroatoms. The zero-order valence-electron chi connectivity index (χ0n) is 6.76. The van der Waals surface area contributed by atoms with Gasteiger partial charge in [0.05, 0.1) is 0 Å². The topological polar surface area (TPSA) is 0 Å². The monoisotopic (exact) mass is 164 g/mol. The van der Waals surface area contributed by atoms with Gasteiger partial charge in [0.25, 0.3) is 0 Å². The molecule has 0 saturated heterocycles. The van der Waals surface area contributed by atoms with Gasteiger partial charge in [-0.25, -0.2) is 0 Å². The van der Waals surface area contributed by atoms with E-state index in [0.29, 0.717) is 0 Å². The van der Waals surface area contributed by atoms with Crippen LogP contribution in [0.1, 0.15) is 23.1 Å². The van der Waals surface area contributed by atoms with Crippen molar-refractivity contribution >= 4 is 11.3 Å². The van der Waals surface area contributed by atoms with E-state index < -0.39 is 0 Å². The molecule has 0 aliphatic carbocycles. The summed E-state index contributed by atoms with van der Waals surface area (Å²) in [6.45, 7) is 2.20. The molecule has 0 N–H and O–H groups in total. The second-order valence-corrected chi connectivity index (χ2v) is 3.75. The fourth-order valence-electron chi connectivity index (χ4n) is 0.999. The lowest BCUT2D eigenvalue weighted by atomic mass is 10.3. The smallest absolute Gasteiger partial charge is 0.0432 e. The van der Waals surface area contributed by atoms with Gasteiger partial charge < -0.3 is 0 Å². The van der Waals surface area contributed by atoms with Crippen LogP contribution in [-0.4, -0.2) is 0 Å². The molecule has 0 saturated carbocycles. The Morgan fingerprint density at radius 2 is 2.18 bits per heavy atom. The summed E-state index contributed by atoms with van der Waals surface area (Å²) in [6, 6.07) is 4.32. The molecule has 0 bridgehead atoms. The summed E-state index contributed by atoms with van der Waals surface area (Å²) >= 11 is 1.84. The van der Waals surface area contributed by atoms with Crippen molar-refractivity contribution < 1.29 is 0 Å². The second-order valence-electron chi connectivity index (χ2n) is 2.50. The van der Waals surface area contributed by atoms with Crippen LogP contribution in [0.15, 0.2) is 12.1 Å². The standard InChI is InChI=1S/C10H12S/c1-3-5-9-7-8-10(11-9)6-4-2/h1,7-8H,4-6H2,2H3. The lowest BCUT2D eigenvalue weighted by molar-refractivity contribution is 0.940. The molecule has 0 aromatic carbocycles. The number of thiophene rings is 1.